The smallest absolute Gasteiger partial charge is 0.217 e. The van der Waals surface area contributed by atoms with Gasteiger partial charge in [0.25, 0.3) is 0 Å². The molecule has 0 unspecified atom stereocenters. The largest absolute Gasteiger partial charge is 0.347 e. The first-order valence-electron chi connectivity index (χ1n) is 5.06. The molecule has 82 valence electrons. The van der Waals surface area contributed by atoms with Gasteiger partial charge in [0, 0.05) is 18.3 Å². The second-order valence-corrected chi connectivity index (χ2v) is 4.39. The van der Waals surface area contributed by atoms with Gasteiger partial charge in [0.15, 0.2) is 0 Å². The van der Waals surface area contributed by atoms with E-state index in [4.69, 9.17) is 0 Å². The molecule has 1 N–H and O–H groups in total. The highest BCUT2D eigenvalue weighted by atomic mass is 16.1. The second kappa shape index (κ2) is 4.01. The molecule has 1 rings (SSSR count). The monoisotopic (exact) mass is 206 g/mol. The third-order valence-electron chi connectivity index (χ3n) is 2.39. The van der Waals surface area contributed by atoms with Crippen molar-refractivity contribution in [3.05, 3.63) is 29.1 Å². The molecule has 3 nitrogen and oxygen atoms in total. The summed E-state index contributed by atoms with van der Waals surface area (Å²) < 4.78 is 0. The van der Waals surface area contributed by atoms with Gasteiger partial charge in [0.2, 0.25) is 5.91 Å². The molecule has 0 atom stereocenters. The van der Waals surface area contributed by atoms with Crippen LogP contribution < -0.4 is 5.32 Å². The fourth-order valence-corrected chi connectivity index (χ4v) is 1.85. The Kier molecular flexibility index (Phi) is 3.12. The minimum absolute atomic E-state index is 0.0278. The van der Waals surface area contributed by atoms with E-state index in [2.05, 4.69) is 10.3 Å². The van der Waals surface area contributed by atoms with E-state index in [0.29, 0.717) is 0 Å². The van der Waals surface area contributed by atoms with E-state index >= 15 is 0 Å². The number of amides is 1. The van der Waals surface area contributed by atoms with E-state index in [0.717, 1.165) is 17.0 Å². The summed E-state index contributed by atoms with van der Waals surface area (Å²) in [6.45, 7) is 9.41. The third kappa shape index (κ3) is 2.78. The van der Waals surface area contributed by atoms with Gasteiger partial charge in [0.1, 0.15) is 0 Å². The Hall–Kier alpha value is -1.38. The average molecular weight is 206 g/mol. The Morgan fingerprint density at radius 1 is 1.33 bits per heavy atom. The van der Waals surface area contributed by atoms with Crippen LogP contribution in [0.15, 0.2) is 12.1 Å². The highest BCUT2D eigenvalue weighted by molar-refractivity contribution is 5.74. The maximum Gasteiger partial charge on any atom is 0.217 e. The molecule has 0 bridgehead atoms. The zero-order valence-corrected chi connectivity index (χ0v) is 10.0. The molecule has 0 fully saturated rings. The molecule has 0 saturated heterocycles. The van der Waals surface area contributed by atoms with Crippen LogP contribution in [0.1, 0.15) is 37.7 Å². The molecule has 1 aromatic heterocycles. The highest BCUT2D eigenvalue weighted by Crippen LogP contribution is 2.22. The molecule has 0 radical (unpaired) electrons. The zero-order chi connectivity index (χ0) is 11.6. The van der Waals surface area contributed by atoms with Crippen LogP contribution in [-0.2, 0) is 10.3 Å². The number of rotatable bonds is 2. The number of hydrogen-bond acceptors (Lipinski definition) is 2. The fourth-order valence-electron chi connectivity index (χ4n) is 1.85. The molecular weight excluding hydrogens is 188 g/mol. The van der Waals surface area contributed by atoms with Crippen LogP contribution in [0.5, 0.6) is 0 Å². The van der Waals surface area contributed by atoms with Gasteiger partial charge in [-0.25, -0.2) is 0 Å². The Bertz CT molecular complexity index is 383. The number of nitrogens with zero attached hydrogens (tertiary/aromatic N) is 1. The van der Waals surface area contributed by atoms with Gasteiger partial charge in [0.05, 0.1) is 5.54 Å². The van der Waals surface area contributed by atoms with Crippen LogP contribution >= 0.6 is 0 Å². The van der Waals surface area contributed by atoms with Gasteiger partial charge in [-0.3, -0.25) is 9.78 Å². The molecule has 0 spiro atoms. The Labute approximate surface area is 90.9 Å². The zero-order valence-electron chi connectivity index (χ0n) is 10.0. The van der Waals surface area contributed by atoms with Crippen LogP contribution in [0.25, 0.3) is 0 Å². The van der Waals surface area contributed by atoms with E-state index in [-0.39, 0.29) is 11.4 Å². The van der Waals surface area contributed by atoms with Crippen LogP contribution in [0.4, 0.5) is 0 Å². The van der Waals surface area contributed by atoms with Crippen molar-refractivity contribution in [2.45, 2.75) is 40.2 Å². The van der Waals surface area contributed by atoms with Gasteiger partial charge in [-0.05, 0) is 39.3 Å². The molecule has 0 aliphatic heterocycles. The lowest BCUT2D eigenvalue weighted by atomic mass is 9.93. The molecule has 0 aliphatic rings. The van der Waals surface area contributed by atoms with Gasteiger partial charge < -0.3 is 5.32 Å². The standard InChI is InChI=1S/C12H18N2O/c1-8-6-7-11(9(2)13-8)12(4,5)14-10(3)15/h6-7H,1-5H3,(H,14,15). The average Bonchev–Trinajstić information content (AvgIpc) is 1.99. The number of aryl methyl sites for hydroxylation is 2. The fraction of sp³-hybridized carbons (Fsp3) is 0.500. The summed E-state index contributed by atoms with van der Waals surface area (Å²) in [6, 6.07) is 3.99. The lowest BCUT2D eigenvalue weighted by molar-refractivity contribution is -0.120. The molecule has 15 heavy (non-hydrogen) atoms. The number of hydrogen-bond donors (Lipinski definition) is 1. The summed E-state index contributed by atoms with van der Waals surface area (Å²) in [5, 5.41) is 2.92. The van der Waals surface area contributed by atoms with Crippen LogP contribution in [0.3, 0.4) is 0 Å². The highest BCUT2D eigenvalue weighted by Gasteiger charge is 2.23. The number of nitrogens with one attached hydrogen (secondary N) is 1. The SMILES string of the molecule is CC(=O)NC(C)(C)c1ccc(C)nc1C. The number of aromatic nitrogens is 1. The topological polar surface area (TPSA) is 42.0 Å². The maximum atomic E-state index is 11.1. The molecule has 1 heterocycles. The molecule has 0 aromatic carbocycles. The maximum absolute atomic E-state index is 11.1. The predicted octanol–water partition coefficient (Wildman–Crippen LogP) is 2.07. The van der Waals surface area contributed by atoms with E-state index in [1.807, 2.05) is 39.8 Å². The summed E-state index contributed by atoms with van der Waals surface area (Å²) in [7, 11) is 0. The summed E-state index contributed by atoms with van der Waals surface area (Å²) in [5.74, 6) is -0.0278. The number of carbonyl (C=O) groups is 1. The van der Waals surface area contributed by atoms with Crippen molar-refractivity contribution in [1.29, 1.82) is 0 Å². The number of carbonyl (C=O) groups excluding carboxylic acids is 1. The normalized spacial score (nSPS) is 11.3. The second-order valence-electron chi connectivity index (χ2n) is 4.39. The van der Waals surface area contributed by atoms with Crippen molar-refractivity contribution in [2.75, 3.05) is 0 Å². The molecular formula is C12H18N2O. The summed E-state index contributed by atoms with van der Waals surface area (Å²) >= 11 is 0. The Balaban J connectivity index is 3.09. The van der Waals surface area contributed by atoms with E-state index in [1.54, 1.807) is 0 Å². The van der Waals surface area contributed by atoms with Crippen LogP contribution in [-0.4, -0.2) is 10.9 Å². The first kappa shape index (κ1) is 11.7. The van der Waals surface area contributed by atoms with E-state index < -0.39 is 0 Å². The Morgan fingerprint density at radius 2 is 1.93 bits per heavy atom. The predicted molar refractivity (Wildman–Crippen MR) is 60.6 cm³/mol. The minimum atomic E-state index is -0.364. The lowest BCUT2D eigenvalue weighted by Gasteiger charge is -2.27. The third-order valence-corrected chi connectivity index (χ3v) is 2.39. The number of pyridine rings is 1. The van der Waals surface area contributed by atoms with Crippen molar-refractivity contribution < 1.29 is 4.79 Å². The van der Waals surface area contributed by atoms with Gasteiger partial charge >= 0.3 is 0 Å². The van der Waals surface area contributed by atoms with Crippen molar-refractivity contribution in [2.24, 2.45) is 0 Å². The molecule has 3 heteroatoms. The summed E-state index contributed by atoms with van der Waals surface area (Å²) in [6.07, 6.45) is 0. The van der Waals surface area contributed by atoms with E-state index in [9.17, 15) is 4.79 Å². The van der Waals surface area contributed by atoms with Crippen molar-refractivity contribution in [1.82, 2.24) is 10.3 Å². The van der Waals surface area contributed by atoms with Crippen LogP contribution in [0, 0.1) is 13.8 Å². The molecule has 1 aromatic rings. The summed E-state index contributed by atoms with van der Waals surface area (Å²) in [5.41, 5.74) is 2.66. The van der Waals surface area contributed by atoms with Crippen molar-refractivity contribution in [3.8, 4) is 0 Å². The molecule has 0 aliphatic carbocycles. The van der Waals surface area contributed by atoms with Crippen molar-refractivity contribution in [3.63, 3.8) is 0 Å². The molecule has 1 amide bonds. The summed E-state index contributed by atoms with van der Waals surface area (Å²) in [4.78, 5) is 15.5. The Morgan fingerprint density at radius 3 is 2.40 bits per heavy atom. The quantitative estimate of drug-likeness (QED) is 0.804. The molecule has 0 saturated carbocycles. The van der Waals surface area contributed by atoms with Gasteiger partial charge in [-0.1, -0.05) is 6.07 Å². The van der Waals surface area contributed by atoms with Gasteiger partial charge in [-0.15, -0.1) is 0 Å². The van der Waals surface area contributed by atoms with Crippen LogP contribution in [0.2, 0.25) is 0 Å². The first-order chi connectivity index (χ1) is 6.83. The first-order valence-corrected chi connectivity index (χ1v) is 5.06. The van der Waals surface area contributed by atoms with E-state index in [1.165, 1.54) is 6.92 Å². The lowest BCUT2D eigenvalue weighted by Crippen LogP contribution is -2.40. The van der Waals surface area contributed by atoms with Crippen molar-refractivity contribution >= 4 is 5.91 Å². The minimum Gasteiger partial charge on any atom is -0.347 e. The van der Waals surface area contributed by atoms with Gasteiger partial charge in [-0.2, -0.15) is 0 Å².